The SMILES string of the molecule is CC[N]([Al+2])CC. The molecule has 2 heteroatoms. The van der Waals surface area contributed by atoms with Gasteiger partial charge < -0.3 is 0 Å². The van der Waals surface area contributed by atoms with E-state index in [4.69, 9.17) is 0 Å². The van der Waals surface area contributed by atoms with E-state index < -0.39 is 0 Å². The molecule has 0 spiro atoms. The van der Waals surface area contributed by atoms with Crippen LogP contribution in [0.1, 0.15) is 13.8 Å². The molecule has 0 fully saturated rings. The van der Waals surface area contributed by atoms with Crippen LogP contribution in [0.25, 0.3) is 0 Å². The van der Waals surface area contributed by atoms with Crippen molar-refractivity contribution in [1.29, 1.82) is 0 Å². The topological polar surface area (TPSA) is 3.24 Å². The van der Waals surface area contributed by atoms with Crippen LogP contribution in [0, 0.1) is 0 Å². The van der Waals surface area contributed by atoms with Crippen LogP contribution in [-0.2, 0) is 0 Å². The molecular formula is C4H10AlN+2. The van der Waals surface area contributed by atoms with Gasteiger partial charge >= 0.3 is 47.3 Å². The van der Waals surface area contributed by atoms with Gasteiger partial charge in [-0.3, -0.25) is 0 Å². The summed E-state index contributed by atoms with van der Waals surface area (Å²) in [6.45, 7) is 6.52. The normalized spacial score (nSPS) is 10.2. The molecule has 0 bridgehead atoms. The summed E-state index contributed by atoms with van der Waals surface area (Å²) in [6.07, 6.45) is 0. The third kappa shape index (κ3) is 2.72. The van der Waals surface area contributed by atoms with Crippen molar-refractivity contribution >= 4 is 16.5 Å². The Morgan fingerprint density at radius 2 is 1.67 bits per heavy atom. The predicted octanol–water partition coefficient (Wildman–Crippen LogP) is 0.412. The molecule has 0 aliphatic carbocycles. The third-order valence-corrected chi connectivity index (χ3v) is 1.54. The Hall–Kier alpha value is 0.492. The molecule has 0 aromatic heterocycles. The van der Waals surface area contributed by atoms with Gasteiger partial charge in [-0.25, -0.2) is 0 Å². The van der Waals surface area contributed by atoms with E-state index >= 15 is 0 Å². The van der Waals surface area contributed by atoms with E-state index in [0.717, 1.165) is 13.1 Å². The predicted molar refractivity (Wildman–Crippen MR) is 28.7 cm³/mol. The molecule has 0 aromatic rings. The van der Waals surface area contributed by atoms with Crippen molar-refractivity contribution < 1.29 is 0 Å². The van der Waals surface area contributed by atoms with Crippen LogP contribution >= 0.6 is 0 Å². The molecule has 1 nitrogen and oxygen atoms in total. The van der Waals surface area contributed by atoms with Crippen molar-refractivity contribution in [3.05, 3.63) is 0 Å². The van der Waals surface area contributed by atoms with E-state index in [1.807, 2.05) is 0 Å². The second-order valence-electron chi connectivity index (χ2n) is 1.22. The van der Waals surface area contributed by atoms with Gasteiger partial charge in [-0.1, -0.05) is 0 Å². The molecule has 0 atom stereocenters. The first-order valence-electron chi connectivity index (χ1n) is 2.30. The quantitative estimate of drug-likeness (QED) is 0.453. The number of hydrogen-bond acceptors (Lipinski definition) is 1. The maximum absolute atomic E-state index is 2.64. The van der Waals surface area contributed by atoms with Crippen molar-refractivity contribution in [2.24, 2.45) is 0 Å². The summed E-state index contributed by atoms with van der Waals surface area (Å²) < 4.78 is 2.17. The van der Waals surface area contributed by atoms with Gasteiger partial charge in [-0.05, 0) is 0 Å². The molecule has 0 radical (unpaired) electrons. The average molecular weight is 99.1 g/mol. The molecule has 0 N–H and O–H groups in total. The van der Waals surface area contributed by atoms with Crippen molar-refractivity contribution in [2.75, 3.05) is 13.1 Å². The second-order valence-corrected chi connectivity index (χ2v) is 1.95. The zero-order valence-electron chi connectivity index (χ0n) is 4.44. The van der Waals surface area contributed by atoms with Crippen molar-refractivity contribution in [1.82, 2.24) is 3.88 Å². The van der Waals surface area contributed by atoms with Crippen LogP contribution in [0.5, 0.6) is 0 Å². The van der Waals surface area contributed by atoms with E-state index in [-0.39, 0.29) is 0 Å². The Bertz CT molecular complexity index is 26.7. The molecule has 32 valence electrons. The van der Waals surface area contributed by atoms with Gasteiger partial charge in [0.1, 0.15) is 0 Å². The Morgan fingerprint density at radius 3 is 1.67 bits per heavy atom. The molecule has 0 unspecified atom stereocenters. The Kier molecular flexibility index (Phi) is 3.98. The van der Waals surface area contributed by atoms with Gasteiger partial charge in [-0.2, -0.15) is 0 Å². The van der Waals surface area contributed by atoms with Crippen LogP contribution in [0.2, 0.25) is 0 Å². The number of rotatable bonds is 2. The van der Waals surface area contributed by atoms with E-state index in [9.17, 15) is 0 Å². The maximum atomic E-state index is 2.64. The summed E-state index contributed by atoms with van der Waals surface area (Å²) in [5, 5.41) is 0. The first-order chi connectivity index (χ1) is 2.81. The summed E-state index contributed by atoms with van der Waals surface area (Å²) in [5.41, 5.74) is 0. The van der Waals surface area contributed by atoms with Crippen molar-refractivity contribution in [3.63, 3.8) is 0 Å². The number of hydrogen-bond donors (Lipinski definition) is 0. The molecule has 0 amide bonds. The molecule has 0 saturated heterocycles. The first-order valence-corrected chi connectivity index (χ1v) is 2.82. The molecule has 6 heavy (non-hydrogen) atoms. The van der Waals surface area contributed by atoms with Gasteiger partial charge in [0.25, 0.3) is 0 Å². The van der Waals surface area contributed by atoms with Gasteiger partial charge in [0.2, 0.25) is 0 Å². The van der Waals surface area contributed by atoms with E-state index in [2.05, 4.69) is 34.2 Å². The van der Waals surface area contributed by atoms with Gasteiger partial charge in [0, 0.05) is 0 Å². The standard InChI is InChI=1S/C4H10N.Al/c1-3-5-4-2;/h3-4H2,1-2H3;/q-1;+3. The van der Waals surface area contributed by atoms with E-state index in [1.165, 1.54) is 0 Å². The molecule has 0 heterocycles. The van der Waals surface area contributed by atoms with Crippen LogP contribution < -0.4 is 0 Å². The second kappa shape index (κ2) is 3.67. The molecule has 0 aliphatic rings. The van der Waals surface area contributed by atoms with Crippen molar-refractivity contribution in [2.45, 2.75) is 13.8 Å². The fraction of sp³-hybridized carbons (Fsp3) is 1.00. The van der Waals surface area contributed by atoms with Crippen molar-refractivity contribution in [3.8, 4) is 0 Å². The minimum absolute atomic E-state index is 1.13. The summed E-state index contributed by atoms with van der Waals surface area (Å²) >= 11 is 2.64. The summed E-state index contributed by atoms with van der Waals surface area (Å²) in [5.74, 6) is 0. The van der Waals surface area contributed by atoms with Crippen LogP contribution in [0.4, 0.5) is 0 Å². The Morgan fingerprint density at radius 1 is 1.33 bits per heavy atom. The summed E-state index contributed by atoms with van der Waals surface area (Å²) in [7, 11) is 0. The molecule has 0 saturated carbocycles. The Labute approximate surface area is 48.0 Å². The monoisotopic (exact) mass is 99.1 g/mol. The van der Waals surface area contributed by atoms with Gasteiger partial charge in [0.05, 0.1) is 0 Å². The van der Waals surface area contributed by atoms with Crippen LogP contribution in [0.15, 0.2) is 0 Å². The minimum atomic E-state index is 1.13. The van der Waals surface area contributed by atoms with Crippen LogP contribution in [-0.4, -0.2) is 33.5 Å². The zero-order valence-corrected chi connectivity index (χ0v) is 5.59. The van der Waals surface area contributed by atoms with E-state index in [1.54, 1.807) is 0 Å². The molecule has 0 aromatic carbocycles. The summed E-state index contributed by atoms with van der Waals surface area (Å²) in [6, 6.07) is 0. The molecule has 0 aliphatic heterocycles. The molecular weight excluding hydrogens is 89.0 g/mol. The zero-order chi connectivity index (χ0) is 4.99. The van der Waals surface area contributed by atoms with Crippen LogP contribution in [0.3, 0.4) is 0 Å². The fourth-order valence-corrected chi connectivity index (χ4v) is 0.224. The first kappa shape index (κ1) is 6.49. The average Bonchev–Trinajstić information content (AvgIpc) is 1.65. The Balaban J connectivity index is 2.75. The van der Waals surface area contributed by atoms with Gasteiger partial charge in [-0.15, -0.1) is 0 Å². The third-order valence-electron chi connectivity index (χ3n) is 0.812. The summed E-state index contributed by atoms with van der Waals surface area (Å²) in [4.78, 5) is 0. The fourth-order valence-electron chi connectivity index (χ4n) is 0.224. The van der Waals surface area contributed by atoms with Gasteiger partial charge in [0.15, 0.2) is 0 Å². The number of nitrogens with zero attached hydrogens (tertiary/aromatic N) is 1. The van der Waals surface area contributed by atoms with E-state index in [0.29, 0.717) is 0 Å². The molecule has 0 rings (SSSR count).